The molecule has 1 aromatic heterocycles. The quantitative estimate of drug-likeness (QED) is 0.908. The summed E-state index contributed by atoms with van der Waals surface area (Å²) in [6.07, 6.45) is 1.08. The van der Waals surface area contributed by atoms with Crippen molar-refractivity contribution in [2.75, 3.05) is 0 Å². The van der Waals surface area contributed by atoms with Crippen LogP contribution in [0.15, 0.2) is 30.5 Å². The molecule has 1 N–H and O–H groups in total. The fraction of sp³-hybridized carbons (Fsp3) is 0.312. The highest BCUT2D eigenvalue weighted by molar-refractivity contribution is 5.44. The van der Waals surface area contributed by atoms with Crippen LogP contribution in [-0.2, 0) is 0 Å². The third kappa shape index (κ3) is 3.12. The van der Waals surface area contributed by atoms with Gasteiger partial charge in [-0.25, -0.2) is 0 Å². The molecule has 100 valence electrons. The zero-order valence-electron chi connectivity index (χ0n) is 11.8. The van der Waals surface area contributed by atoms with Gasteiger partial charge in [0.2, 0.25) is 0 Å². The molecule has 0 bridgehead atoms. The Morgan fingerprint density at radius 2 is 1.89 bits per heavy atom. The van der Waals surface area contributed by atoms with Crippen molar-refractivity contribution >= 4 is 0 Å². The Morgan fingerprint density at radius 3 is 2.47 bits per heavy atom. The highest BCUT2D eigenvalue weighted by Gasteiger charge is 2.07. The van der Waals surface area contributed by atoms with Crippen molar-refractivity contribution in [2.24, 2.45) is 0 Å². The van der Waals surface area contributed by atoms with Crippen LogP contribution >= 0.6 is 0 Å². The van der Waals surface area contributed by atoms with Crippen LogP contribution in [0.2, 0.25) is 0 Å². The van der Waals surface area contributed by atoms with Crippen molar-refractivity contribution < 1.29 is 9.84 Å². The summed E-state index contributed by atoms with van der Waals surface area (Å²) >= 11 is 0. The third-order valence-electron chi connectivity index (χ3n) is 3.18. The lowest BCUT2D eigenvalue weighted by atomic mass is 10.1. The first-order valence-corrected chi connectivity index (χ1v) is 6.37. The fourth-order valence-corrected chi connectivity index (χ4v) is 1.93. The molecule has 0 aliphatic carbocycles. The van der Waals surface area contributed by atoms with Gasteiger partial charge >= 0.3 is 0 Å². The molecule has 0 fully saturated rings. The minimum atomic E-state index is -0.558. The summed E-state index contributed by atoms with van der Waals surface area (Å²) in [5.41, 5.74) is 4.16. The summed E-state index contributed by atoms with van der Waals surface area (Å²) in [4.78, 5) is 4.17. The first-order valence-electron chi connectivity index (χ1n) is 6.37. The molecular weight excluding hydrogens is 238 g/mol. The maximum absolute atomic E-state index is 9.42. The van der Waals surface area contributed by atoms with Gasteiger partial charge in [0.05, 0.1) is 18.0 Å². The van der Waals surface area contributed by atoms with Crippen molar-refractivity contribution in [1.82, 2.24) is 4.98 Å². The van der Waals surface area contributed by atoms with E-state index in [1.54, 1.807) is 19.2 Å². The average molecular weight is 257 g/mol. The predicted octanol–water partition coefficient (Wildman–Crippen LogP) is 3.85. The monoisotopic (exact) mass is 257 g/mol. The minimum Gasteiger partial charge on any atom is -0.455 e. The van der Waals surface area contributed by atoms with E-state index in [1.165, 1.54) is 11.1 Å². The number of benzene rings is 1. The molecule has 0 spiro atoms. The Balaban J connectivity index is 2.26. The molecule has 0 unspecified atom stereocenters. The second kappa shape index (κ2) is 5.41. The number of pyridine rings is 1. The van der Waals surface area contributed by atoms with E-state index in [9.17, 15) is 5.11 Å². The molecular formula is C16H19NO2. The van der Waals surface area contributed by atoms with E-state index in [0.29, 0.717) is 11.4 Å². The van der Waals surface area contributed by atoms with Crippen LogP contribution in [0.25, 0.3) is 0 Å². The van der Waals surface area contributed by atoms with Crippen LogP contribution in [-0.4, -0.2) is 10.1 Å². The van der Waals surface area contributed by atoms with Gasteiger partial charge in [-0.3, -0.25) is 4.98 Å². The van der Waals surface area contributed by atoms with Gasteiger partial charge in [-0.2, -0.15) is 0 Å². The van der Waals surface area contributed by atoms with Crippen molar-refractivity contribution in [3.05, 3.63) is 52.8 Å². The molecule has 0 amide bonds. The summed E-state index contributed by atoms with van der Waals surface area (Å²) in [7, 11) is 0. The van der Waals surface area contributed by atoms with Gasteiger partial charge in [0.1, 0.15) is 11.5 Å². The Labute approximate surface area is 113 Å². The van der Waals surface area contributed by atoms with E-state index in [4.69, 9.17) is 4.74 Å². The van der Waals surface area contributed by atoms with E-state index >= 15 is 0 Å². The molecule has 2 aromatic rings. The molecule has 19 heavy (non-hydrogen) atoms. The molecule has 1 aromatic carbocycles. The predicted molar refractivity (Wildman–Crippen MR) is 75.6 cm³/mol. The molecule has 0 saturated carbocycles. The van der Waals surface area contributed by atoms with Gasteiger partial charge in [0.15, 0.2) is 0 Å². The number of ether oxygens (including phenoxy) is 1. The van der Waals surface area contributed by atoms with E-state index in [2.05, 4.69) is 18.0 Å². The van der Waals surface area contributed by atoms with Gasteiger partial charge in [0, 0.05) is 0 Å². The Morgan fingerprint density at radius 1 is 1.16 bits per heavy atom. The first-order chi connectivity index (χ1) is 8.97. The van der Waals surface area contributed by atoms with Crippen LogP contribution in [0, 0.1) is 20.8 Å². The van der Waals surface area contributed by atoms with E-state index in [-0.39, 0.29) is 0 Å². The molecule has 0 aliphatic rings. The second-order valence-electron chi connectivity index (χ2n) is 4.90. The summed E-state index contributed by atoms with van der Waals surface area (Å²) in [5, 5.41) is 9.42. The van der Waals surface area contributed by atoms with Crippen molar-refractivity contribution in [1.29, 1.82) is 0 Å². The topological polar surface area (TPSA) is 42.4 Å². The summed E-state index contributed by atoms with van der Waals surface area (Å²) < 4.78 is 5.86. The lowest BCUT2D eigenvalue weighted by Crippen LogP contribution is -1.96. The van der Waals surface area contributed by atoms with Gasteiger partial charge in [0.25, 0.3) is 0 Å². The molecule has 0 radical (unpaired) electrons. The minimum absolute atomic E-state index is 0.558. The highest BCUT2D eigenvalue weighted by atomic mass is 16.5. The molecule has 2 rings (SSSR count). The molecule has 3 heteroatoms. The maximum Gasteiger partial charge on any atom is 0.145 e. The Bertz CT molecular complexity index is 574. The molecule has 3 nitrogen and oxygen atoms in total. The molecule has 0 aliphatic heterocycles. The van der Waals surface area contributed by atoms with Crippen molar-refractivity contribution in [3.63, 3.8) is 0 Å². The summed E-state index contributed by atoms with van der Waals surface area (Å²) in [6, 6.07) is 7.76. The van der Waals surface area contributed by atoms with Gasteiger partial charge < -0.3 is 9.84 Å². The van der Waals surface area contributed by atoms with Gasteiger partial charge in [-0.05, 0) is 62.6 Å². The number of hydrogen-bond donors (Lipinski definition) is 1. The van der Waals surface area contributed by atoms with Gasteiger partial charge in [-0.15, -0.1) is 0 Å². The number of aromatic nitrogens is 1. The van der Waals surface area contributed by atoms with Crippen LogP contribution < -0.4 is 4.74 Å². The number of aliphatic hydroxyl groups excluding tert-OH is 1. The van der Waals surface area contributed by atoms with E-state index < -0.39 is 6.10 Å². The zero-order valence-corrected chi connectivity index (χ0v) is 11.8. The van der Waals surface area contributed by atoms with Crippen LogP contribution in [0.3, 0.4) is 0 Å². The molecule has 1 atom stereocenters. The Kier molecular flexibility index (Phi) is 3.86. The lowest BCUT2D eigenvalue weighted by Gasteiger charge is -2.12. The van der Waals surface area contributed by atoms with Gasteiger partial charge in [-0.1, -0.05) is 6.07 Å². The van der Waals surface area contributed by atoms with Crippen molar-refractivity contribution in [2.45, 2.75) is 33.8 Å². The SMILES string of the molecule is Cc1cc(C)c(C)c(Oc2ccc([C@@H](C)O)nc2)c1. The van der Waals surface area contributed by atoms with E-state index in [0.717, 1.165) is 11.3 Å². The average Bonchev–Trinajstić information content (AvgIpc) is 2.36. The number of nitrogens with zero attached hydrogens (tertiary/aromatic N) is 1. The smallest absolute Gasteiger partial charge is 0.145 e. The molecule has 1 heterocycles. The number of hydrogen-bond acceptors (Lipinski definition) is 3. The standard InChI is InChI=1S/C16H19NO2/c1-10-7-11(2)12(3)16(8-10)19-14-5-6-15(13(4)18)17-9-14/h5-9,13,18H,1-4H3/t13-/m1/s1. The Hall–Kier alpha value is -1.87. The first kappa shape index (κ1) is 13.6. The highest BCUT2D eigenvalue weighted by Crippen LogP contribution is 2.28. The fourth-order valence-electron chi connectivity index (χ4n) is 1.93. The lowest BCUT2D eigenvalue weighted by molar-refractivity contribution is 0.194. The van der Waals surface area contributed by atoms with Crippen molar-refractivity contribution in [3.8, 4) is 11.5 Å². The molecule has 0 saturated heterocycles. The zero-order chi connectivity index (χ0) is 14.0. The third-order valence-corrected chi connectivity index (χ3v) is 3.18. The van der Waals surface area contributed by atoms with Crippen LogP contribution in [0.4, 0.5) is 0 Å². The van der Waals surface area contributed by atoms with Crippen LogP contribution in [0.1, 0.15) is 35.4 Å². The van der Waals surface area contributed by atoms with Crippen LogP contribution in [0.5, 0.6) is 11.5 Å². The summed E-state index contributed by atoms with van der Waals surface area (Å²) in [6.45, 7) is 7.86. The normalized spacial score (nSPS) is 12.3. The number of aliphatic hydroxyl groups is 1. The van der Waals surface area contributed by atoms with E-state index in [1.807, 2.05) is 26.0 Å². The number of rotatable bonds is 3. The second-order valence-corrected chi connectivity index (χ2v) is 4.90. The number of aryl methyl sites for hydroxylation is 2. The largest absolute Gasteiger partial charge is 0.455 e. The maximum atomic E-state index is 9.42. The summed E-state index contributed by atoms with van der Waals surface area (Å²) in [5.74, 6) is 1.53.